The minimum atomic E-state index is -0.833. The molecule has 0 saturated carbocycles. The zero-order valence-electron chi connectivity index (χ0n) is 21.2. The number of hydrogen-bond donors (Lipinski definition) is 3. The molecule has 0 unspecified atom stereocenters. The van der Waals surface area contributed by atoms with E-state index >= 15 is 0 Å². The predicted octanol–water partition coefficient (Wildman–Crippen LogP) is 5.72. The summed E-state index contributed by atoms with van der Waals surface area (Å²) in [6, 6.07) is 20.0. The number of aromatic hydroxyl groups is 2. The monoisotopic (exact) mass is 555 g/mol. The van der Waals surface area contributed by atoms with Gasteiger partial charge in [-0.3, -0.25) is 4.79 Å². The van der Waals surface area contributed by atoms with Gasteiger partial charge in [0.15, 0.2) is 23.0 Å². The number of phenols is 2. The van der Waals surface area contributed by atoms with E-state index in [1.165, 1.54) is 14.2 Å². The number of pyridine rings is 2. The number of carboxylic acid groups (broad SMARTS) is 1. The Bertz CT molecular complexity index is 1420. The molecule has 2 heterocycles. The van der Waals surface area contributed by atoms with Crippen LogP contribution in [0.25, 0.3) is 33.9 Å². The Morgan fingerprint density at radius 2 is 1.29 bits per heavy atom. The van der Waals surface area contributed by atoms with Gasteiger partial charge in [0.2, 0.25) is 0 Å². The number of benzene rings is 2. The SMILES string of the molecule is C=CCc1cc(OC)c(O)c(-c2cccc(-c3cccc(-c4cccc(OC)c4O)n3)n2)c1.CC(=O)O.[Mn]. The van der Waals surface area contributed by atoms with Crippen molar-refractivity contribution in [2.45, 2.75) is 13.3 Å². The summed E-state index contributed by atoms with van der Waals surface area (Å²) in [7, 11) is 3.02. The number of carbonyl (C=O) groups is 1. The van der Waals surface area contributed by atoms with Gasteiger partial charge in [0.05, 0.1) is 37.0 Å². The number of ether oxygens (including phenoxy) is 2. The fourth-order valence-electron chi connectivity index (χ4n) is 3.65. The normalized spacial score (nSPS) is 9.87. The van der Waals surface area contributed by atoms with Gasteiger partial charge in [-0.05, 0) is 60.5 Å². The number of methoxy groups -OCH3 is 2. The van der Waals surface area contributed by atoms with E-state index in [-0.39, 0.29) is 28.6 Å². The number of aliphatic carboxylic acids is 1. The number of para-hydroxylation sites is 1. The van der Waals surface area contributed by atoms with Gasteiger partial charge < -0.3 is 24.8 Å². The first-order chi connectivity index (χ1) is 17.8. The topological polar surface area (TPSA) is 122 Å². The van der Waals surface area contributed by atoms with Crippen molar-refractivity contribution in [2.75, 3.05) is 14.2 Å². The molecular formula is C29H28MnN2O6. The van der Waals surface area contributed by atoms with Crippen molar-refractivity contribution in [1.29, 1.82) is 0 Å². The van der Waals surface area contributed by atoms with E-state index in [9.17, 15) is 10.2 Å². The number of nitrogens with zero attached hydrogens (tertiary/aromatic N) is 2. The van der Waals surface area contributed by atoms with Crippen LogP contribution in [-0.4, -0.2) is 45.5 Å². The Morgan fingerprint density at radius 1 is 0.816 bits per heavy atom. The standard InChI is InChI=1S/C27H24N2O4.C2H4O2.Mn/c1-4-8-17-15-19(27(31)25(16-17)33-3)21-11-7-13-23(29-21)22-12-6-10-20(28-22)18-9-5-14-24(32-2)26(18)30;1-2(3)4;/h4-7,9-16,30-31H,1,8H2,2-3H3;1H3,(H,3,4);. The first-order valence-corrected chi connectivity index (χ1v) is 11.3. The zero-order valence-corrected chi connectivity index (χ0v) is 22.4. The minimum absolute atomic E-state index is 0. The largest absolute Gasteiger partial charge is 0.504 e. The average Bonchev–Trinajstić information content (AvgIpc) is 2.89. The molecule has 0 atom stereocenters. The van der Waals surface area contributed by atoms with E-state index in [1.807, 2.05) is 42.5 Å². The van der Waals surface area contributed by atoms with Crippen LogP contribution >= 0.6 is 0 Å². The molecule has 4 aromatic rings. The van der Waals surface area contributed by atoms with E-state index < -0.39 is 5.97 Å². The Hall–Kier alpha value is -4.33. The number of rotatable bonds is 7. The second-order valence-electron chi connectivity index (χ2n) is 7.88. The van der Waals surface area contributed by atoms with Crippen molar-refractivity contribution in [3.63, 3.8) is 0 Å². The molecule has 197 valence electrons. The molecule has 0 aliphatic rings. The number of phenolic OH excluding ortho intramolecular Hbond substituents is 2. The number of hydrogen-bond acceptors (Lipinski definition) is 7. The summed E-state index contributed by atoms with van der Waals surface area (Å²) >= 11 is 0. The maximum Gasteiger partial charge on any atom is 0.300 e. The summed E-state index contributed by atoms with van der Waals surface area (Å²) in [4.78, 5) is 18.5. The van der Waals surface area contributed by atoms with Crippen molar-refractivity contribution in [3.05, 3.63) is 84.9 Å². The van der Waals surface area contributed by atoms with Gasteiger partial charge in [0.25, 0.3) is 5.97 Å². The fraction of sp³-hybridized carbons (Fsp3) is 0.138. The van der Waals surface area contributed by atoms with Crippen molar-refractivity contribution in [2.24, 2.45) is 0 Å². The van der Waals surface area contributed by atoms with Gasteiger partial charge in [-0.1, -0.05) is 24.3 Å². The van der Waals surface area contributed by atoms with E-state index in [0.717, 1.165) is 12.5 Å². The molecule has 2 aromatic carbocycles. The van der Waals surface area contributed by atoms with Crippen LogP contribution in [-0.2, 0) is 28.3 Å². The molecule has 3 N–H and O–H groups in total. The van der Waals surface area contributed by atoms with Crippen LogP contribution in [0.3, 0.4) is 0 Å². The first-order valence-electron chi connectivity index (χ1n) is 11.3. The van der Waals surface area contributed by atoms with Crippen LogP contribution in [0.5, 0.6) is 23.0 Å². The molecule has 9 heteroatoms. The van der Waals surface area contributed by atoms with Gasteiger partial charge in [0, 0.05) is 35.1 Å². The van der Waals surface area contributed by atoms with Gasteiger partial charge in [-0.15, -0.1) is 6.58 Å². The Balaban J connectivity index is 0.000000947. The molecule has 4 rings (SSSR count). The number of carboxylic acids is 1. The van der Waals surface area contributed by atoms with Crippen LogP contribution in [0.1, 0.15) is 12.5 Å². The van der Waals surface area contributed by atoms with Crippen LogP contribution in [0.2, 0.25) is 0 Å². The van der Waals surface area contributed by atoms with E-state index in [4.69, 9.17) is 29.3 Å². The molecule has 0 bridgehead atoms. The second kappa shape index (κ2) is 13.8. The predicted molar refractivity (Wildman–Crippen MR) is 142 cm³/mol. The molecule has 0 fully saturated rings. The summed E-state index contributed by atoms with van der Waals surface area (Å²) in [6.07, 6.45) is 2.43. The van der Waals surface area contributed by atoms with Crippen LogP contribution in [0.4, 0.5) is 0 Å². The fourth-order valence-corrected chi connectivity index (χ4v) is 3.65. The van der Waals surface area contributed by atoms with Crippen molar-refractivity contribution in [1.82, 2.24) is 9.97 Å². The third-order valence-corrected chi connectivity index (χ3v) is 5.27. The maximum absolute atomic E-state index is 10.7. The number of allylic oxidation sites excluding steroid dienone is 1. The Morgan fingerprint density at radius 3 is 1.82 bits per heavy atom. The smallest absolute Gasteiger partial charge is 0.300 e. The summed E-state index contributed by atoms with van der Waals surface area (Å²) in [5.74, 6) is -0.0192. The van der Waals surface area contributed by atoms with Crippen LogP contribution in [0, 0.1) is 0 Å². The molecule has 0 amide bonds. The summed E-state index contributed by atoms with van der Waals surface area (Å²) in [5, 5.41) is 28.7. The van der Waals surface area contributed by atoms with E-state index in [0.29, 0.717) is 51.8 Å². The van der Waals surface area contributed by atoms with Crippen molar-refractivity contribution in [3.8, 4) is 56.9 Å². The van der Waals surface area contributed by atoms with Gasteiger partial charge in [-0.2, -0.15) is 0 Å². The average molecular weight is 555 g/mol. The van der Waals surface area contributed by atoms with Gasteiger partial charge in [-0.25, -0.2) is 9.97 Å². The molecule has 0 aliphatic heterocycles. The summed E-state index contributed by atoms with van der Waals surface area (Å²) in [6.45, 7) is 4.87. The molecule has 38 heavy (non-hydrogen) atoms. The van der Waals surface area contributed by atoms with E-state index in [1.54, 1.807) is 30.3 Å². The zero-order chi connectivity index (χ0) is 26.9. The molecule has 1 radical (unpaired) electrons. The molecule has 0 saturated heterocycles. The molecule has 0 aliphatic carbocycles. The van der Waals surface area contributed by atoms with Gasteiger partial charge in [0.1, 0.15) is 0 Å². The van der Waals surface area contributed by atoms with Gasteiger partial charge >= 0.3 is 0 Å². The molecular weight excluding hydrogens is 527 g/mol. The molecule has 2 aromatic heterocycles. The summed E-state index contributed by atoms with van der Waals surface area (Å²) in [5.41, 5.74) is 4.52. The quantitative estimate of drug-likeness (QED) is 0.196. The minimum Gasteiger partial charge on any atom is -0.504 e. The first kappa shape index (κ1) is 29.9. The third kappa shape index (κ3) is 7.12. The van der Waals surface area contributed by atoms with Crippen LogP contribution in [0.15, 0.2) is 79.4 Å². The molecule has 0 spiro atoms. The van der Waals surface area contributed by atoms with E-state index in [2.05, 4.69) is 6.58 Å². The van der Waals surface area contributed by atoms with Crippen molar-refractivity contribution >= 4 is 5.97 Å². The second-order valence-corrected chi connectivity index (χ2v) is 7.88. The number of aromatic nitrogens is 2. The van der Waals surface area contributed by atoms with Crippen LogP contribution < -0.4 is 9.47 Å². The Kier molecular flexibility index (Phi) is 10.9. The summed E-state index contributed by atoms with van der Waals surface area (Å²) < 4.78 is 10.6. The third-order valence-electron chi connectivity index (χ3n) is 5.27. The maximum atomic E-state index is 10.7. The molecule has 8 nitrogen and oxygen atoms in total. The van der Waals surface area contributed by atoms with Crippen molar-refractivity contribution < 1.29 is 46.7 Å². The Labute approximate surface area is 231 Å².